The van der Waals surface area contributed by atoms with Gasteiger partial charge in [-0.25, -0.2) is 0 Å². The zero-order chi connectivity index (χ0) is 13.7. The molecule has 0 atom stereocenters. The van der Waals surface area contributed by atoms with E-state index in [1.54, 1.807) is 0 Å². The summed E-state index contributed by atoms with van der Waals surface area (Å²) in [5, 5.41) is 3.66. The van der Waals surface area contributed by atoms with E-state index < -0.39 is 0 Å². The van der Waals surface area contributed by atoms with Gasteiger partial charge in [-0.2, -0.15) is 0 Å². The molecule has 2 nitrogen and oxygen atoms in total. The molecule has 0 bridgehead atoms. The van der Waals surface area contributed by atoms with Gasteiger partial charge >= 0.3 is 0 Å². The van der Waals surface area contributed by atoms with E-state index in [1.807, 2.05) is 12.1 Å². The Hall–Kier alpha value is -1.02. The zero-order valence-corrected chi connectivity index (χ0v) is 12.4. The maximum absolute atomic E-state index is 5.82. The monoisotopic (exact) mass is 260 g/mol. The maximum Gasteiger partial charge on any atom is 0.0317 e. The molecule has 0 radical (unpaired) electrons. The third-order valence-electron chi connectivity index (χ3n) is 4.29. The summed E-state index contributed by atoms with van der Waals surface area (Å²) in [4.78, 5) is 0. The molecule has 0 unspecified atom stereocenters. The molecular weight excluding hydrogens is 232 g/mol. The van der Waals surface area contributed by atoms with Crippen LogP contribution in [0, 0.1) is 11.3 Å². The fraction of sp³-hybridized carbons (Fsp3) is 0.647. The summed E-state index contributed by atoms with van der Waals surface area (Å²) in [5.41, 5.74) is 8.51. The van der Waals surface area contributed by atoms with Crippen molar-refractivity contribution in [3.8, 4) is 0 Å². The molecule has 1 saturated carbocycles. The Labute approximate surface area is 117 Å². The number of nitrogen functional groups attached to an aromatic ring is 1. The minimum Gasteiger partial charge on any atom is -0.399 e. The minimum atomic E-state index is 0.550. The third kappa shape index (κ3) is 4.24. The molecule has 1 aliphatic rings. The van der Waals surface area contributed by atoms with Gasteiger partial charge in [-0.15, -0.1) is 0 Å². The summed E-state index contributed by atoms with van der Waals surface area (Å²) in [6, 6.07) is 8.19. The van der Waals surface area contributed by atoms with Crippen molar-refractivity contribution in [2.75, 3.05) is 12.3 Å². The molecule has 0 aromatic heterocycles. The van der Waals surface area contributed by atoms with Crippen LogP contribution < -0.4 is 11.1 Å². The number of nitrogens with two attached hydrogens (primary N) is 1. The lowest BCUT2D eigenvalue weighted by Crippen LogP contribution is -2.33. The van der Waals surface area contributed by atoms with Crippen LogP contribution in [0.2, 0.25) is 0 Å². The van der Waals surface area contributed by atoms with E-state index >= 15 is 0 Å². The highest BCUT2D eigenvalue weighted by Crippen LogP contribution is 2.42. The fourth-order valence-electron chi connectivity index (χ4n) is 3.62. The smallest absolute Gasteiger partial charge is 0.0317 e. The Kier molecular flexibility index (Phi) is 4.87. The fourth-order valence-corrected chi connectivity index (χ4v) is 3.62. The molecule has 2 heteroatoms. The first-order chi connectivity index (χ1) is 9.10. The lowest BCUT2D eigenvalue weighted by Gasteiger charge is -2.31. The first-order valence-electron chi connectivity index (χ1n) is 7.65. The van der Waals surface area contributed by atoms with Gasteiger partial charge in [0.2, 0.25) is 0 Å². The van der Waals surface area contributed by atoms with Crippen molar-refractivity contribution >= 4 is 5.69 Å². The molecule has 1 aromatic carbocycles. The third-order valence-corrected chi connectivity index (χ3v) is 4.29. The van der Waals surface area contributed by atoms with Crippen molar-refractivity contribution in [1.29, 1.82) is 0 Å². The largest absolute Gasteiger partial charge is 0.399 e. The second-order valence-electron chi connectivity index (χ2n) is 6.65. The molecule has 1 fully saturated rings. The summed E-state index contributed by atoms with van der Waals surface area (Å²) in [5.74, 6) is 0.798. The predicted octanol–water partition coefficient (Wildman–Crippen LogP) is 3.96. The number of nitrogens with one attached hydrogen (secondary N) is 1. The van der Waals surface area contributed by atoms with Crippen LogP contribution in [0.3, 0.4) is 0 Å². The molecular formula is C17H28N2. The average molecular weight is 260 g/mol. The van der Waals surface area contributed by atoms with Gasteiger partial charge in [0.15, 0.2) is 0 Å². The second-order valence-corrected chi connectivity index (χ2v) is 6.65. The predicted molar refractivity (Wildman–Crippen MR) is 82.9 cm³/mol. The molecule has 3 N–H and O–H groups in total. The number of benzene rings is 1. The van der Waals surface area contributed by atoms with Crippen LogP contribution in [0.1, 0.15) is 51.5 Å². The Bertz CT molecular complexity index is 392. The number of hydrogen-bond acceptors (Lipinski definition) is 2. The van der Waals surface area contributed by atoms with Crippen molar-refractivity contribution in [2.24, 2.45) is 11.3 Å². The maximum atomic E-state index is 5.82. The first-order valence-corrected chi connectivity index (χ1v) is 7.65. The second kappa shape index (κ2) is 6.42. The van der Waals surface area contributed by atoms with E-state index in [2.05, 4.69) is 31.3 Å². The summed E-state index contributed by atoms with van der Waals surface area (Å²) < 4.78 is 0. The normalized spacial score (nSPS) is 18.1. The highest BCUT2D eigenvalue weighted by Gasteiger charge is 2.33. The summed E-state index contributed by atoms with van der Waals surface area (Å²) in [6.45, 7) is 6.78. The topological polar surface area (TPSA) is 38.0 Å². The Morgan fingerprint density at radius 2 is 2.00 bits per heavy atom. The van der Waals surface area contributed by atoms with E-state index in [4.69, 9.17) is 5.73 Å². The molecule has 0 aliphatic heterocycles. The standard InChI is InChI=1S/C17H28N2/c1-14(2)11-17(8-3-4-9-17)13-19-12-15-6-5-7-16(18)10-15/h5-7,10,14,19H,3-4,8-9,11-13,18H2,1-2H3. The molecule has 2 rings (SSSR count). The van der Waals surface area contributed by atoms with Crippen LogP contribution in [-0.2, 0) is 6.54 Å². The van der Waals surface area contributed by atoms with Gasteiger partial charge in [-0.05, 0) is 48.3 Å². The molecule has 0 saturated heterocycles. The minimum absolute atomic E-state index is 0.550. The van der Waals surface area contributed by atoms with Gasteiger partial charge in [0.1, 0.15) is 0 Å². The number of rotatable bonds is 6. The van der Waals surface area contributed by atoms with Crippen LogP contribution in [0.4, 0.5) is 5.69 Å². The van der Waals surface area contributed by atoms with Crippen LogP contribution in [0.5, 0.6) is 0 Å². The molecule has 19 heavy (non-hydrogen) atoms. The summed E-state index contributed by atoms with van der Waals surface area (Å²) in [6.07, 6.45) is 6.97. The molecule has 1 aliphatic carbocycles. The first kappa shape index (κ1) is 14.4. The lowest BCUT2D eigenvalue weighted by molar-refractivity contribution is 0.223. The van der Waals surface area contributed by atoms with Crippen LogP contribution in [0.25, 0.3) is 0 Å². The summed E-state index contributed by atoms with van der Waals surface area (Å²) in [7, 11) is 0. The SMILES string of the molecule is CC(C)CC1(CNCc2cccc(N)c2)CCCC1. The van der Waals surface area contributed by atoms with E-state index in [1.165, 1.54) is 37.7 Å². The van der Waals surface area contributed by atoms with Crippen molar-refractivity contribution in [3.63, 3.8) is 0 Å². The lowest BCUT2D eigenvalue weighted by atomic mass is 9.78. The molecule has 0 spiro atoms. The van der Waals surface area contributed by atoms with Crippen LogP contribution >= 0.6 is 0 Å². The van der Waals surface area contributed by atoms with Gasteiger partial charge in [-0.3, -0.25) is 0 Å². The molecule has 106 valence electrons. The van der Waals surface area contributed by atoms with E-state index in [-0.39, 0.29) is 0 Å². The van der Waals surface area contributed by atoms with Crippen molar-refractivity contribution < 1.29 is 0 Å². The quantitative estimate of drug-likeness (QED) is 0.760. The van der Waals surface area contributed by atoms with Gasteiger partial charge in [0.25, 0.3) is 0 Å². The van der Waals surface area contributed by atoms with Gasteiger partial charge in [0.05, 0.1) is 0 Å². The van der Waals surface area contributed by atoms with Crippen molar-refractivity contribution in [1.82, 2.24) is 5.32 Å². The van der Waals surface area contributed by atoms with Crippen molar-refractivity contribution in [2.45, 2.75) is 52.5 Å². The van der Waals surface area contributed by atoms with E-state index in [0.717, 1.165) is 24.7 Å². The van der Waals surface area contributed by atoms with Crippen LogP contribution in [0.15, 0.2) is 24.3 Å². The Morgan fingerprint density at radius 1 is 1.26 bits per heavy atom. The molecule has 0 heterocycles. The number of hydrogen-bond donors (Lipinski definition) is 2. The highest BCUT2D eigenvalue weighted by molar-refractivity contribution is 5.40. The highest BCUT2D eigenvalue weighted by atomic mass is 14.9. The average Bonchev–Trinajstić information content (AvgIpc) is 2.77. The molecule has 1 aromatic rings. The van der Waals surface area contributed by atoms with E-state index in [0.29, 0.717) is 5.41 Å². The summed E-state index contributed by atoms with van der Waals surface area (Å²) >= 11 is 0. The van der Waals surface area contributed by atoms with Gasteiger partial charge < -0.3 is 11.1 Å². The van der Waals surface area contributed by atoms with Crippen molar-refractivity contribution in [3.05, 3.63) is 29.8 Å². The Balaban J connectivity index is 1.86. The van der Waals surface area contributed by atoms with E-state index in [9.17, 15) is 0 Å². The van der Waals surface area contributed by atoms with Gasteiger partial charge in [-0.1, -0.05) is 38.8 Å². The van der Waals surface area contributed by atoms with Crippen LogP contribution in [-0.4, -0.2) is 6.54 Å². The number of anilines is 1. The Morgan fingerprint density at radius 3 is 2.63 bits per heavy atom. The zero-order valence-electron chi connectivity index (χ0n) is 12.4. The molecule has 0 amide bonds. The van der Waals surface area contributed by atoms with Gasteiger partial charge in [0, 0.05) is 18.8 Å².